The molecule has 12 aromatic carbocycles. The van der Waals surface area contributed by atoms with Crippen molar-refractivity contribution in [3.63, 3.8) is 0 Å². The van der Waals surface area contributed by atoms with E-state index in [0.29, 0.717) is 0 Å². The molecule has 12 rings (SSSR count). The topological polar surface area (TPSA) is 31.4 Å². The normalized spacial score (nSPS) is 11.0. The van der Waals surface area contributed by atoms with E-state index in [1.165, 1.54) is 21.5 Å². The molecule has 0 aliphatic rings. The van der Waals surface area contributed by atoms with Gasteiger partial charge in [-0.3, -0.25) is 0 Å². The minimum absolute atomic E-state index is 0.820. The smallest absolute Gasteiger partial charge is 0.119 e. The highest BCUT2D eigenvalue weighted by Gasteiger charge is 2.21. The predicted octanol–water partition coefficient (Wildman–Crippen LogP) is 19.6. The Labute approximate surface area is 444 Å². The van der Waals surface area contributed by atoms with Crippen molar-refractivity contribution in [1.29, 1.82) is 0 Å². The van der Waals surface area contributed by atoms with Gasteiger partial charge in [0.05, 0.1) is 25.6 Å². The summed E-state index contributed by atoms with van der Waals surface area (Å²) in [6.45, 7) is 0. The van der Waals surface area contributed by atoms with Crippen molar-refractivity contribution in [2.75, 3.05) is 33.8 Å². The minimum atomic E-state index is 0.820. The summed E-state index contributed by atoms with van der Waals surface area (Å²) in [5.74, 6) is 1.64. The first kappa shape index (κ1) is 47.0. The monoisotopic (exact) mass is 982 g/mol. The number of methoxy groups -OCH3 is 2. The van der Waals surface area contributed by atoms with Gasteiger partial charge in [0.25, 0.3) is 0 Å². The van der Waals surface area contributed by atoms with Crippen LogP contribution in [0.2, 0.25) is 0 Å². The Balaban J connectivity index is 0.886. The molecule has 366 valence electrons. The Morgan fingerprint density at radius 3 is 0.789 bits per heavy atom. The Morgan fingerprint density at radius 2 is 0.461 bits per heavy atom. The van der Waals surface area contributed by atoms with Crippen LogP contribution in [0.4, 0.5) is 68.2 Å². The van der Waals surface area contributed by atoms with E-state index in [2.05, 4.69) is 287 Å². The molecule has 0 saturated carbocycles. The van der Waals surface area contributed by atoms with Crippen LogP contribution in [0.5, 0.6) is 11.5 Å². The molecule has 0 aliphatic heterocycles. The summed E-state index contributed by atoms with van der Waals surface area (Å²) in [6.07, 6.45) is 0. The molecule has 0 heterocycles. The Bertz CT molecular complexity index is 3600. The van der Waals surface area contributed by atoms with Crippen LogP contribution < -0.4 is 29.1 Å². The molecule has 0 radical (unpaired) electrons. The summed E-state index contributed by atoms with van der Waals surface area (Å²) in [6, 6.07) is 103. The van der Waals surface area contributed by atoms with Crippen LogP contribution in [0.15, 0.2) is 291 Å². The standard InChI is InChI=1S/C70H54N4O2/c1-75-65-47-43-59(44-48-65)71(55-19-5-3-6-20-55)57-35-39-63(40-36-57)73(69-25-13-17-53-15-9-11-23-67(53)69)61-31-27-51(28-32-61)52-29-33-62(34-30-52)74(70-26-14-18-54-16-10-12-24-68(54)70)64-41-37-58(38-42-64)72(56-21-7-4-8-22-56)60-45-49-66(76-2)50-46-60/h3-50H,1-2H3. The third kappa shape index (κ3) is 9.43. The van der Waals surface area contributed by atoms with Crippen molar-refractivity contribution < 1.29 is 9.47 Å². The highest BCUT2D eigenvalue weighted by Crippen LogP contribution is 2.45. The summed E-state index contributed by atoms with van der Waals surface area (Å²) in [5.41, 5.74) is 15.0. The summed E-state index contributed by atoms with van der Waals surface area (Å²) < 4.78 is 11.0. The zero-order valence-corrected chi connectivity index (χ0v) is 42.3. The van der Waals surface area contributed by atoms with Crippen molar-refractivity contribution in [2.45, 2.75) is 0 Å². The van der Waals surface area contributed by atoms with E-state index in [1.54, 1.807) is 14.2 Å². The Hall–Kier alpha value is -10.0. The number of para-hydroxylation sites is 2. The number of ether oxygens (including phenoxy) is 2. The zero-order chi connectivity index (χ0) is 51.2. The van der Waals surface area contributed by atoms with E-state index in [0.717, 1.165) is 90.9 Å². The van der Waals surface area contributed by atoms with Gasteiger partial charge in [-0.1, -0.05) is 133 Å². The third-order valence-electron chi connectivity index (χ3n) is 14.0. The summed E-state index contributed by atoms with van der Waals surface area (Å²) >= 11 is 0. The quantitative estimate of drug-likeness (QED) is 0.102. The molecule has 0 bridgehead atoms. The molecular formula is C70H54N4O2. The van der Waals surface area contributed by atoms with Crippen molar-refractivity contribution in [3.05, 3.63) is 291 Å². The maximum atomic E-state index is 5.51. The summed E-state index contributed by atoms with van der Waals surface area (Å²) in [7, 11) is 3.40. The second-order valence-corrected chi connectivity index (χ2v) is 18.5. The van der Waals surface area contributed by atoms with Crippen LogP contribution in [0.3, 0.4) is 0 Å². The van der Waals surface area contributed by atoms with Crippen molar-refractivity contribution in [2.24, 2.45) is 0 Å². The third-order valence-corrected chi connectivity index (χ3v) is 14.0. The van der Waals surface area contributed by atoms with E-state index >= 15 is 0 Å². The number of hydrogen-bond donors (Lipinski definition) is 0. The maximum absolute atomic E-state index is 5.51. The molecule has 0 amide bonds. The lowest BCUT2D eigenvalue weighted by Crippen LogP contribution is -2.12. The zero-order valence-electron chi connectivity index (χ0n) is 42.3. The number of nitrogens with zero attached hydrogens (tertiary/aromatic N) is 4. The second-order valence-electron chi connectivity index (χ2n) is 18.5. The molecule has 0 saturated heterocycles. The lowest BCUT2D eigenvalue weighted by atomic mass is 10.0. The van der Waals surface area contributed by atoms with E-state index < -0.39 is 0 Å². The Morgan fingerprint density at radius 1 is 0.211 bits per heavy atom. The molecule has 0 unspecified atom stereocenters. The second kappa shape index (κ2) is 21.2. The molecule has 0 spiro atoms. The number of hydrogen-bond acceptors (Lipinski definition) is 6. The predicted molar refractivity (Wildman–Crippen MR) is 319 cm³/mol. The molecule has 0 aromatic heterocycles. The van der Waals surface area contributed by atoms with Crippen molar-refractivity contribution in [3.8, 4) is 22.6 Å². The molecule has 6 heteroatoms. The highest BCUT2D eigenvalue weighted by molar-refractivity contribution is 6.01. The van der Waals surface area contributed by atoms with Gasteiger partial charge in [-0.15, -0.1) is 0 Å². The van der Waals surface area contributed by atoms with E-state index in [9.17, 15) is 0 Å². The number of benzene rings is 12. The van der Waals surface area contributed by atoms with Gasteiger partial charge in [0.2, 0.25) is 0 Å². The average Bonchev–Trinajstić information content (AvgIpc) is 3.50. The summed E-state index contributed by atoms with van der Waals surface area (Å²) in [4.78, 5) is 9.27. The van der Waals surface area contributed by atoms with E-state index in [-0.39, 0.29) is 0 Å². The molecule has 0 aliphatic carbocycles. The highest BCUT2D eigenvalue weighted by atomic mass is 16.5. The minimum Gasteiger partial charge on any atom is -0.497 e. The first-order valence-electron chi connectivity index (χ1n) is 25.6. The Kier molecular flexibility index (Phi) is 13.1. The fraction of sp³-hybridized carbons (Fsp3) is 0.0286. The van der Waals surface area contributed by atoms with Crippen LogP contribution in [-0.4, -0.2) is 14.2 Å². The molecular weight excluding hydrogens is 929 g/mol. The van der Waals surface area contributed by atoms with Crippen LogP contribution in [-0.2, 0) is 0 Å². The molecule has 0 fully saturated rings. The van der Waals surface area contributed by atoms with Gasteiger partial charge in [0.1, 0.15) is 11.5 Å². The largest absolute Gasteiger partial charge is 0.497 e. The number of fused-ring (bicyclic) bond motifs is 2. The lowest BCUT2D eigenvalue weighted by molar-refractivity contribution is 0.414. The van der Waals surface area contributed by atoms with Crippen molar-refractivity contribution in [1.82, 2.24) is 0 Å². The number of rotatable bonds is 15. The van der Waals surface area contributed by atoms with Gasteiger partial charge in [0, 0.05) is 67.6 Å². The van der Waals surface area contributed by atoms with E-state index in [4.69, 9.17) is 9.47 Å². The summed E-state index contributed by atoms with van der Waals surface area (Å²) in [5, 5.41) is 4.72. The fourth-order valence-electron chi connectivity index (χ4n) is 10.3. The van der Waals surface area contributed by atoms with Gasteiger partial charge >= 0.3 is 0 Å². The molecule has 0 N–H and O–H groups in total. The molecule has 76 heavy (non-hydrogen) atoms. The lowest BCUT2D eigenvalue weighted by Gasteiger charge is -2.29. The maximum Gasteiger partial charge on any atom is 0.119 e. The van der Waals surface area contributed by atoms with Crippen LogP contribution in [0.1, 0.15) is 0 Å². The van der Waals surface area contributed by atoms with E-state index in [1.807, 2.05) is 24.3 Å². The van der Waals surface area contributed by atoms with Gasteiger partial charge < -0.3 is 29.1 Å². The SMILES string of the molecule is COc1ccc(N(c2ccccc2)c2ccc(N(c3ccc(-c4ccc(N(c5ccc(N(c6ccccc6)c6ccc(OC)cc6)cc5)c5cccc6ccccc56)cc4)cc3)c3cccc4ccccc34)cc2)cc1. The van der Waals surface area contributed by atoms with Crippen LogP contribution in [0.25, 0.3) is 32.7 Å². The van der Waals surface area contributed by atoms with Gasteiger partial charge in [0.15, 0.2) is 0 Å². The average molecular weight is 983 g/mol. The van der Waals surface area contributed by atoms with Gasteiger partial charge in [-0.25, -0.2) is 0 Å². The van der Waals surface area contributed by atoms with Crippen molar-refractivity contribution >= 4 is 89.8 Å². The first-order chi connectivity index (χ1) is 37.6. The van der Waals surface area contributed by atoms with Crippen LogP contribution in [0, 0.1) is 0 Å². The molecule has 6 nitrogen and oxygen atoms in total. The van der Waals surface area contributed by atoms with Gasteiger partial charge in [-0.05, 0) is 180 Å². The molecule has 0 atom stereocenters. The van der Waals surface area contributed by atoms with Gasteiger partial charge in [-0.2, -0.15) is 0 Å². The first-order valence-corrected chi connectivity index (χ1v) is 25.6. The van der Waals surface area contributed by atoms with Crippen LogP contribution >= 0.6 is 0 Å². The molecule has 12 aromatic rings. The fourth-order valence-corrected chi connectivity index (χ4v) is 10.3. The number of anilines is 12.